The van der Waals surface area contributed by atoms with Crippen molar-refractivity contribution in [2.45, 2.75) is 19.5 Å². The van der Waals surface area contributed by atoms with Gasteiger partial charge in [-0.2, -0.15) is 0 Å². The SMILES string of the molecule is C[C@@H](NCc1ccc(Cl)o1)c1cccc(F)c1. The van der Waals surface area contributed by atoms with Crippen LogP contribution in [0.4, 0.5) is 4.39 Å². The van der Waals surface area contributed by atoms with Gasteiger partial charge < -0.3 is 9.73 Å². The van der Waals surface area contributed by atoms with Gasteiger partial charge in [-0.15, -0.1) is 0 Å². The topological polar surface area (TPSA) is 25.2 Å². The van der Waals surface area contributed by atoms with Crippen molar-refractivity contribution in [2.24, 2.45) is 0 Å². The highest BCUT2D eigenvalue weighted by atomic mass is 35.5. The Morgan fingerprint density at radius 1 is 1.35 bits per heavy atom. The van der Waals surface area contributed by atoms with Gasteiger partial charge >= 0.3 is 0 Å². The summed E-state index contributed by atoms with van der Waals surface area (Å²) in [4.78, 5) is 0. The van der Waals surface area contributed by atoms with Crippen LogP contribution in [0.3, 0.4) is 0 Å². The largest absolute Gasteiger partial charge is 0.448 e. The van der Waals surface area contributed by atoms with Crippen LogP contribution in [0.25, 0.3) is 0 Å². The van der Waals surface area contributed by atoms with Crippen LogP contribution < -0.4 is 5.32 Å². The average Bonchev–Trinajstić information content (AvgIpc) is 2.72. The Hall–Kier alpha value is -1.32. The van der Waals surface area contributed by atoms with Crippen LogP contribution in [0.2, 0.25) is 5.22 Å². The summed E-state index contributed by atoms with van der Waals surface area (Å²) < 4.78 is 18.3. The van der Waals surface area contributed by atoms with Gasteiger partial charge in [0.1, 0.15) is 11.6 Å². The average molecular weight is 254 g/mol. The standard InChI is InChI=1S/C13H13ClFNO/c1-9(10-3-2-4-11(15)7-10)16-8-12-5-6-13(14)17-12/h2-7,9,16H,8H2,1H3/t9-/m1/s1. The van der Waals surface area contributed by atoms with E-state index in [2.05, 4.69) is 5.32 Å². The third-order valence-electron chi connectivity index (χ3n) is 2.56. The molecule has 0 amide bonds. The molecule has 0 saturated carbocycles. The van der Waals surface area contributed by atoms with Gasteiger partial charge in [0.2, 0.25) is 0 Å². The van der Waals surface area contributed by atoms with E-state index in [1.165, 1.54) is 12.1 Å². The zero-order valence-corrected chi connectivity index (χ0v) is 10.2. The molecule has 1 aromatic heterocycles. The van der Waals surface area contributed by atoms with Crippen LogP contribution in [0.5, 0.6) is 0 Å². The Kier molecular flexibility index (Phi) is 3.82. The van der Waals surface area contributed by atoms with Crippen LogP contribution in [0.1, 0.15) is 24.3 Å². The van der Waals surface area contributed by atoms with Gasteiger partial charge in [-0.05, 0) is 48.4 Å². The highest BCUT2D eigenvalue weighted by molar-refractivity contribution is 6.28. The second kappa shape index (κ2) is 5.34. The fourth-order valence-corrected chi connectivity index (χ4v) is 1.76. The summed E-state index contributed by atoms with van der Waals surface area (Å²) in [6.07, 6.45) is 0. The fourth-order valence-electron chi connectivity index (χ4n) is 1.59. The summed E-state index contributed by atoms with van der Waals surface area (Å²) in [5, 5.41) is 3.61. The predicted octanol–water partition coefficient (Wildman–Crippen LogP) is 3.92. The van der Waals surface area contributed by atoms with Crippen molar-refractivity contribution in [1.82, 2.24) is 5.32 Å². The van der Waals surface area contributed by atoms with E-state index in [0.29, 0.717) is 11.8 Å². The number of halogens is 2. The lowest BCUT2D eigenvalue weighted by Gasteiger charge is -2.13. The van der Waals surface area contributed by atoms with Gasteiger partial charge in [-0.25, -0.2) is 4.39 Å². The van der Waals surface area contributed by atoms with E-state index < -0.39 is 0 Å². The Morgan fingerprint density at radius 3 is 2.82 bits per heavy atom. The molecule has 2 nitrogen and oxygen atoms in total. The highest BCUT2D eigenvalue weighted by Crippen LogP contribution is 2.16. The third kappa shape index (κ3) is 3.32. The number of hydrogen-bond donors (Lipinski definition) is 1. The lowest BCUT2D eigenvalue weighted by molar-refractivity contribution is 0.461. The maximum atomic E-state index is 13.0. The lowest BCUT2D eigenvalue weighted by Crippen LogP contribution is -2.17. The molecule has 1 atom stereocenters. The number of rotatable bonds is 4. The van der Waals surface area contributed by atoms with Crippen LogP contribution in [0.15, 0.2) is 40.8 Å². The van der Waals surface area contributed by atoms with Gasteiger partial charge in [0, 0.05) is 6.04 Å². The Balaban J connectivity index is 1.95. The number of nitrogens with one attached hydrogen (secondary N) is 1. The maximum absolute atomic E-state index is 13.0. The van der Waals surface area contributed by atoms with Gasteiger partial charge in [0.15, 0.2) is 5.22 Å². The summed E-state index contributed by atoms with van der Waals surface area (Å²) in [6.45, 7) is 2.53. The fraction of sp³-hybridized carbons (Fsp3) is 0.231. The van der Waals surface area contributed by atoms with Crippen molar-refractivity contribution in [3.63, 3.8) is 0 Å². The summed E-state index contributed by atoms with van der Waals surface area (Å²) >= 11 is 5.67. The zero-order chi connectivity index (χ0) is 12.3. The van der Waals surface area contributed by atoms with Crippen LogP contribution in [0, 0.1) is 5.82 Å². The van der Waals surface area contributed by atoms with Gasteiger partial charge in [-0.1, -0.05) is 12.1 Å². The first kappa shape index (κ1) is 12.1. The van der Waals surface area contributed by atoms with Crippen molar-refractivity contribution in [3.8, 4) is 0 Å². The monoisotopic (exact) mass is 253 g/mol. The van der Waals surface area contributed by atoms with Crippen molar-refractivity contribution in [1.29, 1.82) is 0 Å². The minimum Gasteiger partial charge on any atom is -0.448 e. The van der Waals surface area contributed by atoms with E-state index in [4.69, 9.17) is 16.0 Å². The molecule has 1 aromatic carbocycles. The Bertz CT molecular complexity index is 498. The molecule has 0 radical (unpaired) electrons. The molecule has 17 heavy (non-hydrogen) atoms. The Labute approximate surface area is 104 Å². The van der Waals surface area contributed by atoms with Crippen molar-refractivity contribution in [2.75, 3.05) is 0 Å². The molecule has 0 aliphatic heterocycles. The quantitative estimate of drug-likeness (QED) is 0.893. The van der Waals surface area contributed by atoms with E-state index in [1.54, 1.807) is 12.1 Å². The summed E-state index contributed by atoms with van der Waals surface area (Å²) in [7, 11) is 0. The van der Waals surface area contributed by atoms with Gasteiger partial charge in [0.05, 0.1) is 6.54 Å². The first-order chi connectivity index (χ1) is 8.15. The minimum absolute atomic E-state index is 0.0505. The summed E-state index contributed by atoms with van der Waals surface area (Å²) in [5.41, 5.74) is 0.905. The van der Waals surface area contributed by atoms with E-state index in [0.717, 1.165) is 11.3 Å². The molecule has 1 N–H and O–H groups in total. The Morgan fingerprint density at radius 2 is 2.18 bits per heavy atom. The highest BCUT2D eigenvalue weighted by Gasteiger charge is 2.07. The second-order valence-corrected chi connectivity index (χ2v) is 4.24. The molecule has 4 heteroatoms. The predicted molar refractivity (Wildman–Crippen MR) is 65.4 cm³/mol. The number of furan rings is 1. The van der Waals surface area contributed by atoms with Crippen LogP contribution >= 0.6 is 11.6 Å². The molecular weight excluding hydrogens is 241 g/mol. The van der Waals surface area contributed by atoms with Crippen molar-refractivity contribution >= 4 is 11.6 Å². The van der Waals surface area contributed by atoms with Crippen LogP contribution in [-0.4, -0.2) is 0 Å². The molecule has 0 unspecified atom stereocenters. The molecule has 0 bridgehead atoms. The molecule has 90 valence electrons. The smallest absolute Gasteiger partial charge is 0.193 e. The normalized spacial score (nSPS) is 12.6. The van der Waals surface area contributed by atoms with E-state index in [9.17, 15) is 4.39 Å². The van der Waals surface area contributed by atoms with Gasteiger partial charge in [0.25, 0.3) is 0 Å². The van der Waals surface area contributed by atoms with E-state index in [1.807, 2.05) is 19.1 Å². The summed E-state index contributed by atoms with van der Waals surface area (Å²) in [6, 6.07) is 10.1. The number of benzene rings is 1. The molecule has 0 aliphatic carbocycles. The van der Waals surface area contributed by atoms with Crippen molar-refractivity contribution in [3.05, 3.63) is 58.8 Å². The second-order valence-electron chi connectivity index (χ2n) is 3.86. The zero-order valence-electron chi connectivity index (χ0n) is 9.41. The van der Waals surface area contributed by atoms with E-state index >= 15 is 0 Å². The third-order valence-corrected chi connectivity index (χ3v) is 2.76. The molecule has 2 rings (SSSR count). The summed E-state index contributed by atoms with van der Waals surface area (Å²) in [5.74, 6) is 0.537. The molecule has 0 aliphatic rings. The van der Waals surface area contributed by atoms with Crippen molar-refractivity contribution < 1.29 is 8.81 Å². The number of hydrogen-bond acceptors (Lipinski definition) is 2. The van der Waals surface area contributed by atoms with Gasteiger partial charge in [-0.3, -0.25) is 0 Å². The lowest BCUT2D eigenvalue weighted by atomic mass is 10.1. The molecule has 0 fully saturated rings. The van der Waals surface area contributed by atoms with Crippen LogP contribution in [-0.2, 0) is 6.54 Å². The minimum atomic E-state index is -0.225. The van der Waals surface area contributed by atoms with E-state index in [-0.39, 0.29) is 11.9 Å². The molecule has 0 saturated heterocycles. The first-order valence-electron chi connectivity index (χ1n) is 5.38. The molecular formula is C13H13ClFNO. The maximum Gasteiger partial charge on any atom is 0.193 e. The molecule has 0 spiro atoms. The first-order valence-corrected chi connectivity index (χ1v) is 5.76. The molecule has 2 aromatic rings. The molecule has 1 heterocycles.